The highest BCUT2D eigenvalue weighted by atomic mass is 16.3. The quantitative estimate of drug-likeness (QED) is 0.604. The number of hydrogen-bond donors (Lipinski definition) is 2. The second kappa shape index (κ2) is 10.1. The molecule has 100 valence electrons. The summed E-state index contributed by atoms with van der Waals surface area (Å²) >= 11 is 0. The minimum atomic E-state index is -0.379. The number of aliphatic hydroxyl groups is 1. The lowest BCUT2D eigenvalue weighted by atomic mass is 9.76. The third kappa shape index (κ3) is 5.86. The third-order valence-electron chi connectivity index (χ3n) is 3.40. The molecular formula is C14H33NO. The summed E-state index contributed by atoms with van der Waals surface area (Å²) in [4.78, 5) is 0. The Morgan fingerprint density at radius 1 is 0.812 bits per heavy atom. The van der Waals surface area contributed by atoms with E-state index < -0.39 is 0 Å². The van der Waals surface area contributed by atoms with Crippen LogP contribution in [0.2, 0.25) is 0 Å². The van der Waals surface area contributed by atoms with Gasteiger partial charge < -0.3 is 11.3 Å². The molecule has 0 amide bonds. The van der Waals surface area contributed by atoms with Crippen LogP contribution in [-0.4, -0.2) is 10.7 Å². The molecule has 0 atom stereocenters. The molecule has 0 unspecified atom stereocenters. The predicted molar refractivity (Wildman–Crippen MR) is 73.1 cm³/mol. The van der Waals surface area contributed by atoms with E-state index in [4.69, 9.17) is 0 Å². The third-order valence-corrected chi connectivity index (χ3v) is 3.40. The van der Waals surface area contributed by atoms with Crippen LogP contribution in [0.1, 0.15) is 79.1 Å². The monoisotopic (exact) mass is 231 g/mol. The Kier molecular flexibility index (Phi) is 11.5. The predicted octanol–water partition coefficient (Wildman–Crippen LogP) is 4.70. The van der Waals surface area contributed by atoms with Crippen LogP contribution >= 0.6 is 0 Å². The highest BCUT2D eigenvalue weighted by Crippen LogP contribution is 2.34. The summed E-state index contributed by atoms with van der Waals surface area (Å²) in [6, 6.07) is 0. The highest BCUT2D eigenvalue weighted by Gasteiger charge is 2.33. The molecule has 0 bridgehead atoms. The Hall–Kier alpha value is -0.0800. The molecule has 2 heteroatoms. The van der Waals surface area contributed by atoms with E-state index in [1.54, 1.807) is 0 Å². The van der Waals surface area contributed by atoms with Crippen molar-refractivity contribution >= 4 is 0 Å². The van der Waals surface area contributed by atoms with Gasteiger partial charge in [0.25, 0.3) is 0 Å². The maximum atomic E-state index is 10.7. The van der Waals surface area contributed by atoms with Gasteiger partial charge in [-0.3, -0.25) is 0 Å². The van der Waals surface area contributed by atoms with E-state index in [1.165, 1.54) is 25.7 Å². The zero-order chi connectivity index (χ0) is 11.7. The molecule has 4 N–H and O–H groups in total. The molecule has 0 aliphatic heterocycles. The first-order valence-corrected chi connectivity index (χ1v) is 6.86. The molecule has 0 aromatic heterocycles. The van der Waals surface area contributed by atoms with E-state index in [0.717, 1.165) is 25.7 Å². The van der Waals surface area contributed by atoms with E-state index in [2.05, 4.69) is 27.7 Å². The minimum absolute atomic E-state index is 0. The van der Waals surface area contributed by atoms with Gasteiger partial charge in [-0.2, -0.15) is 0 Å². The summed E-state index contributed by atoms with van der Waals surface area (Å²) in [7, 11) is 0. The van der Waals surface area contributed by atoms with Crippen molar-refractivity contribution in [2.45, 2.75) is 84.7 Å². The number of rotatable bonds is 9. The molecule has 0 heterocycles. The molecule has 0 saturated heterocycles. The van der Waals surface area contributed by atoms with Gasteiger partial charge in [-0.15, -0.1) is 0 Å². The zero-order valence-electron chi connectivity index (χ0n) is 11.9. The van der Waals surface area contributed by atoms with E-state index >= 15 is 0 Å². The molecule has 0 aliphatic carbocycles. The van der Waals surface area contributed by atoms with Gasteiger partial charge in [0.15, 0.2) is 0 Å². The fourth-order valence-corrected chi connectivity index (χ4v) is 2.78. The van der Waals surface area contributed by atoms with Crippen LogP contribution < -0.4 is 6.15 Å². The fraction of sp³-hybridized carbons (Fsp3) is 1.00. The maximum absolute atomic E-state index is 10.7. The van der Waals surface area contributed by atoms with Crippen LogP contribution in [0.25, 0.3) is 0 Å². The molecular weight excluding hydrogens is 198 g/mol. The van der Waals surface area contributed by atoms with E-state index in [-0.39, 0.29) is 11.8 Å². The van der Waals surface area contributed by atoms with Crippen molar-refractivity contribution in [3.05, 3.63) is 0 Å². The van der Waals surface area contributed by atoms with Crippen molar-refractivity contribution in [2.24, 2.45) is 5.92 Å². The highest BCUT2D eigenvalue weighted by molar-refractivity contribution is 4.85. The van der Waals surface area contributed by atoms with E-state index in [0.29, 0.717) is 5.92 Å². The number of hydrogen-bond acceptors (Lipinski definition) is 2. The van der Waals surface area contributed by atoms with Gasteiger partial charge in [0.2, 0.25) is 0 Å². The summed E-state index contributed by atoms with van der Waals surface area (Å²) in [6.07, 6.45) is 8.91. The molecule has 0 aromatic carbocycles. The van der Waals surface area contributed by atoms with Crippen molar-refractivity contribution in [3.63, 3.8) is 0 Å². The average molecular weight is 231 g/mol. The summed E-state index contributed by atoms with van der Waals surface area (Å²) in [6.45, 7) is 8.80. The molecule has 0 spiro atoms. The molecule has 2 nitrogen and oxygen atoms in total. The van der Waals surface area contributed by atoms with Gasteiger partial charge in [0, 0.05) is 0 Å². The van der Waals surface area contributed by atoms with Crippen LogP contribution in [0.4, 0.5) is 0 Å². The Balaban J connectivity index is 0. The molecule has 0 rings (SSSR count). The Morgan fingerprint density at radius 3 is 1.44 bits per heavy atom. The van der Waals surface area contributed by atoms with Crippen LogP contribution in [0, 0.1) is 5.92 Å². The first-order valence-electron chi connectivity index (χ1n) is 6.86. The first kappa shape index (κ1) is 18.3. The summed E-state index contributed by atoms with van der Waals surface area (Å²) in [5.74, 6) is 0.521. The summed E-state index contributed by atoms with van der Waals surface area (Å²) in [5, 5.41) is 10.7. The van der Waals surface area contributed by atoms with Crippen LogP contribution in [-0.2, 0) is 0 Å². The van der Waals surface area contributed by atoms with E-state index in [1.807, 2.05) is 0 Å². The van der Waals surface area contributed by atoms with Crippen molar-refractivity contribution in [1.29, 1.82) is 0 Å². The van der Waals surface area contributed by atoms with Gasteiger partial charge >= 0.3 is 0 Å². The Bertz CT molecular complexity index is 136. The second-order valence-corrected chi connectivity index (χ2v) is 4.88. The fourth-order valence-electron chi connectivity index (χ4n) is 2.78. The Labute approximate surface area is 102 Å². The smallest absolute Gasteiger partial charge is 0.0675 e. The van der Waals surface area contributed by atoms with Crippen molar-refractivity contribution < 1.29 is 5.11 Å². The van der Waals surface area contributed by atoms with Gasteiger partial charge in [-0.05, 0) is 31.6 Å². The van der Waals surface area contributed by atoms with Crippen molar-refractivity contribution in [3.8, 4) is 0 Å². The molecule has 0 aromatic rings. The van der Waals surface area contributed by atoms with Crippen LogP contribution in [0.5, 0.6) is 0 Å². The molecule has 0 radical (unpaired) electrons. The molecule has 0 aliphatic rings. The van der Waals surface area contributed by atoms with Gasteiger partial charge in [-0.1, -0.05) is 53.4 Å². The van der Waals surface area contributed by atoms with Crippen molar-refractivity contribution in [1.82, 2.24) is 6.15 Å². The van der Waals surface area contributed by atoms with Crippen LogP contribution in [0.3, 0.4) is 0 Å². The standard InChI is InChI=1S/C14H30O.H3N/c1-5-9-13(10-6-2)14(15,11-7-3)12-8-4;/h13,15H,5-12H2,1-4H3;1H3. The van der Waals surface area contributed by atoms with Gasteiger partial charge in [-0.25, -0.2) is 0 Å². The Morgan fingerprint density at radius 2 is 1.19 bits per heavy atom. The lowest BCUT2D eigenvalue weighted by Gasteiger charge is -2.36. The molecule has 16 heavy (non-hydrogen) atoms. The molecule has 0 saturated carbocycles. The lowest BCUT2D eigenvalue weighted by molar-refractivity contribution is -0.0418. The normalized spacial score (nSPS) is 11.6. The summed E-state index contributed by atoms with van der Waals surface area (Å²) in [5.41, 5.74) is -0.379. The molecule has 0 fully saturated rings. The SMILES string of the molecule is CCCC(CCC)C(O)(CCC)CCC.N. The van der Waals surface area contributed by atoms with Crippen LogP contribution in [0.15, 0.2) is 0 Å². The maximum Gasteiger partial charge on any atom is 0.0675 e. The van der Waals surface area contributed by atoms with Crippen molar-refractivity contribution in [2.75, 3.05) is 0 Å². The summed E-state index contributed by atoms with van der Waals surface area (Å²) < 4.78 is 0. The van der Waals surface area contributed by atoms with Gasteiger partial charge in [0.05, 0.1) is 5.60 Å². The minimum Gasteiger partial charge on any atom is -0.390 e. The van der Waals surface area contributed by atoms with Gasteiger partial charge in [0.1, 0.15) is 0 Å². The average Bonchev–Trinajstić information content (AvgIpc) is 2.18. The largest absolute Gasteiger partial charge is 0.390 e. The van der Waals surface area contributed by atoms with E-state index in [9.17, 15) is 5.11 Å². The second-order valence-electron chi connectivity index (χ2n) is 4.88. The first-order chi connectivity index (χ1) is 7.14. The topological polar surface area (TPSA) is 55.2 Å². The lowest BCUT2D eigenvalue weighted by Crippen LogP contribution is -2.37. The zero-order valence-corrected chi connectivity index (χ0v) is 11.9.